The minimum Gasteiger partial charge on any atom is -0.378 e. The second kappa shape index (κ2) is 6.68. The summed E-state index contributed by atoms with van der Waals surface area (Å²) in [7, 11) is 0. The fraction of sp³-hybridized carbons (Fsp3) is 0.929. The molecule has 0 bridgehead atoms. The van der Waals surface area contributed by atoms with Gasteiger partial charge in [-0.15, -0.1) is 0 Å². The molecule has 2 aliphatic rings. The van der Waals surface area contributed by atoms with Crippen LogP contribution in [0, 0.1) is 0 Å². The quantitative estimate of drug-likeness (QED) is 0.779. The molecule has 1 amide bonds. The summed E-state index contributed by atoms with van der Waals surface area (Å²) in [4.78, 5) is 14.4. The number of primary amides is 1. The van der Waals surface area contributed by atoms with Crippen LogP contribution in [0.2, 0.25) is 0 Å². The van der Waals surface area contributed by atoms with Crippen molar-refractivity contribution in [2.24, 2.45) is 5.73 Å². The molecule has 0 aliphatic carbocycles. The minimum absolute atomic E-state index is 0.168. The van der Waals surface area contributed by atoms with Crippen LogP contribution >= 0.6 is 0 Å². The number of hydrogen-bond acceptors (Lipinski definition) is 4. The van der Waals surface area contributed by atoms with Gasteiger partial charge in [0.2, 0.25) is 5.91 Å². The van der Waals surface area contributed by atoms with Gasteiger partial charge in [-0.3, -0.25) is 9.69 Å². The summed E-state index contributed by atoms with van der Waals surface area (Å²) >= 11 is 0. The lowest BCUT2D eigenvalue weighted by Crippen LogP contribution is -2.62. The molecular weight excluding hydrogens is 242 g/mol. The van der Waals surface area contributed by atoms with Crippen LogP contribution in [-0.2, 0) is 9.53 Å². The summed E-state index contributed by atoms with van der Waals surface area (Å²) in [6.45, 7) is 6.63. The van der Waals surface area contributed by atoms with Crippen molar-refractivity contribution < 1.29 is 9.53 Å². The highest BCUT2D eigenvalue weighted by atomic mass is 16.5. The topological polar surface area (TPSA) is 67.6 Å². The molecule has 19 heavy (non-hydrogen) atoms. The van der Waals surface area contributed by atoms with Crippen molar-refractivity contribution in [2.75, 3.05) is 32.8 Å². The number of carbonyl (C=O) groups is 1. The number of ether oxygens (including phenoxy) is 1. The molecule has 3 N–H and O–H groups in total. The lowest BCUT2D eigenvalue weighted by Gasteiger charge is -2.46. The van der Waals surface area contributed by atoms with Crippen LogP contribution in [0.25, 0.3) is 0 Å². The second-order valence-corrected chi connectivity index (χ2v) is 5.72. The van der Waals surface area contributed by atoms with Gasteiger partial charge >= 0.3 is 0 Å². The van der Waals surface area contributed by atoms with Crippen molar-refractivity contribution >= 4 is 5.91 Å². The van der Waals surface area contributed by atoms with Gasteiger partial charge in [-0.05, 0) is 25.8 Å². The monoisotopic (exact) mass is 269 g/mol. The molecule has 5 heteroatoms. The number of hydrogen-bond donors (Lipinski definition) is 2. The Bertz CT molecular complexity index is 301. The van der Waals surface area contributed by atoms with E-state index in [-0.39, 0.29) is 12.0 Å². The average molecular weight is 269 g/mol. The third kappa shape index (κ3) is 3.27. The first-order chi connectivity index (χ1) is 9.19. The largest absolute Gasteiger partial charge is 0.378 e. The number of nitrogens with one attached hydrogen (secondary N) is 1. The summed E-state index contributed by atoms with van der Waals surface area (Å²) < 4.78 is 5.80. The number of amides is 1. The molecule has 2 unspecified atom stereocenters. The third-order valence-corrected chi connectivity index (χ3v) is 4.45. The maximum atomic E-state index is 12.1. The van der Waals surface area contributed by atoms with Gasteiger partial charge in [0.1, 0.15) is 5.54 Å². The predicted octanol–water partition coefficient (Wildman–Crippen LogP) is 0.485. The Balaban J connectivity index is 2.13. The van der Waals surface area contributed by atoms with Crippen molar-refractivity contribution in [1.82, 2.24) is 10.2 Å². The maximum absolute atomic E-state index is 12.1. The van der Waals surface area contributed by atoms with Gasteiger partial charge in [0.15, 0.2) is 0 Å². The number of nitrogens with zero attached hydrogens (tertiary/aromatic N) is 1. The summed E-state index contributed by atoms with van der Waals surface area (Å²) in [6, 6.07) is 0. The smallest absolute Gasteiger partial charge is 0.238 e. The zero-order valence-corrected chi connectivity index (χ0v) is 12.0. The minimum atomic E-state index is -0.482. The van der Waals surface area contributed by atoms with Gasteiger partial charge in [0.05, 0.1) is 6.10 Å². The van der Waals surface area contributed by atoms with E-state index in [0.29, 0.717) is 6.61 Å². The van der Waals surface area contributed by atoms with Crippen molar-refractivity contribution in [3.63, 3.8) is 0 Å². The Morgan fingerprint density at radius 1 is 1.47 bits per heavy atom. The van der Waals surface area contributed by atoms with E-state index in [4.69, 9.17) is 10.5 Å². The average Bonchev–Trinajstić information content (AvgIpc) is 2.68. The molecular formula is C14H27N3O2. The molecule has 0 aromatic rings. The molecule has 0 aromatic heterocycles. The Kier molecular flexibility index (Phi) is 5.19. The third-order valence-electron chi connectivity index (χ3n) is 4.45. The second-order valence-electron chi connectivity index (χ2n) is 5.72. The molecule has 2 fully saturated rings. The number of nitrogens with two attached hydrogens (primary N) is 1. The summed E-state index contributed by atoms with van der Waals surface area (Å²) in [5, 5.41) is 3.38. The molecule has 2 aliphatic heterocycles. The lowest BCUT2D eigenvalue weighted by molar-refractivity contribution is -0.142. The van der Waals surface area contributed by atoms with Crippen LogP contribution < -0.4 is 11.1 Å². The standard InChI is InChI=1S/C14H27N3O2/c1-2-4-12-11-14(13(15)18,5-10-19-12)17-8-3-6-16-7-9-17/h12,16H,2-11H2,1H3,(H2,15,18). The first-order valence-corrected chi connectivity index (χ1v) is 7.56. The molecule has 0 saturated carbocycles. The van der Waals surface area contributed by atoms with E-state index in [1.54, 1.807) is 0 Å². The van der Waals surface area contributed by atoms with Crippen LogP contribution in [0.4, 0.5) is 0 Å². The van der Waals surface area contributed by atoms with Crippen molar-refractivity contribution in [1.29, 1.82) is 0 Å². The van der Waals surface area contributed by atoms with E-state index in [2.05, 4.69) is 17.1 Å². The van der Waals surface area contributed by atoms with Crippen molar-refractivity contribution in [3.05, 3.63) is 0 Å². The van der Waals surface area contributed by atoms with Gasteiger partial charge in [-0.25, -0.2) is 0 Å². The highest BCUT2D eigenvalue weighted by Crippen LogP contribution is 2.33. The Morgan fingerprint density at radius 3 is 3.05 bits per heavy atom. The van der Waals surface area contributed by atoms with Crippen LogP contribution in [-0.4, -0.2) is 55.2 Å². The first-order valence-electron chi connectivity index (χ1n) is 7.56. The fourth-order valence-electron chi connectivity index (χ4n) is 3.38. The molecule has 2 atom stereocenters. The lowest BCUT2D eigenvalue weighted by atomic mass is 9.82. The van der Waals surface area contributed by atoms with Crippen LogP contribution in [0.15, 0.2) is 0 Å². The Morgan fingerprint density at radius 2 is 2.32 bits per heavy atom. The molecule has 2 heterocycles. The number of carbonyl (C=O) groups excluding carboxylic acids is 1. The van der Waals surface area contributed by atoms with E-state index in [1.807, 2.05) is 0 Å². The van der Waals surface area contributed by atoms with E-state index in [9.17, 15) is 4.79 Å². The van der Waals surface area contributed by atoms with Gasteiger partial charge in [-0.1, -0.05) is 13.3 Å². The zero-order valence-electron chi connectivity index (χ0n) is 12.0. The first kappa shape index (κ1) is 14.8. The number of rotatable bonds is 4. The molecule has 0 spiro atoms. The molecule has 0 aromatic carbocycles. The van der Waals surface area contributed by atoms with Gasteiger partial charge < -0.3 is 15.8 Å². The summed E-state index contributed by atoms with van der Waals surface area (Å²) in [6.07, 6.45) is 4.86. The van der Waals surface area contributed by atoms with Gasteiger partial charge in [-0.2, -0.15) is 0 Å². The van der Waals surface area contributed by atoms with E-state index in [0.717, 1.165) is 58.3 Å². The van der Waals surface area contributed by atoms with Crippen LogP contribution in [0.3, 0.4) is 0 Å². The SMILES string of the molecule is CCCC1CC(C(N)=O)(N2CCCNCC2)CCO1. The van der Waals surface area contributed by atoms with Crippen molar-refractivity contribution in [2.45, 2.75) is 50.7 Å². The van der Waals surface area contributed by atoms with E-state index < -0.39 is 5.54 Å². The maximum Gasteiger partial charge on any atom is 0.238 e. The van der Waals surface area contributed by atoms with Crippen LogP contribution in [0.1, 0.15) is 39.0 Å². The molecule has 2 rings (SSSR count). The fourth-order valence-corrected chi connectivity index (χ4v) is 3.38. The molecule has 2 saturated heterocycles. The molecule has 110 valence electrons. The summed E-state index contributed by atoms with van der Waals surface area (Å²) in [5.41, 5.74) is 5.30. The van der Waals surface area contributed by atoms with E-state index >= 15 is 0 Å². The molecule has 5 nitrogen and oxygen atoms in total. The van der Waals surface area contributed by atoms with Gasteiger partial charge in [0, 0.05) is 32.7 Å². The molecule has 0 radical (unpaired) electrons. The van der Waals surface area contributed by atoms with E-state index in [1.165, 1.54) is 0 Å². The highest BCUT2D eigenvalue weighted by molar-refractivity contribution is 5.84. The normalized spacial score (nSPS) is 33.8. The summed E-state index contributed by atoms with van der Waals surface area (Å²) in [5.74, 6) is -0.168. The Labute approximate surface area is 115 Å². The zero-order chi connectivity index (χ0) is 13.7. The van der Waals surface area contributed by atoms with Gasteiger partial charge in [0.25, 0.3) is 0 Å². The Hall–Kier alpha value is -0.650. The highest BCUT2D eigenvalue weighted by Gasteiger charge is 2.46. The predicted molar refractivity (Wildman–Crippen MR) is 74.9 cm³/mol. The van der Waals surface area contributed by atoms with Crippen molar-refractivity contribution in [3.8, 4) is 0 Å². The van der Waals surface area contributed by atoms with Crippen LogP contribution in [0.5, 0.6) is 0 Å².